The van der Waals surface area contributed by atoms with E-state index in [0.29, 0.717) is 0 Å². The SMILES string of the molecule is C[C@H]1CCC[C@H]1NCc1ccccc1. The third-order valence-corrected chi connectivity index (χ3v) is 3.27. The lowest BCUT2D eigenvalue weighted by atomic mass is 10.1. The summed E-state index contributed by atoms with van der Waals surface area (Å²) in [5.74, 6) is 0.860. The van der Waals surface area contributed by atoms with Gasteiger partial charge in [-0.3, -0.25) is 0 Å². The van der Waals surface area contributed by atoms with Crippen LogP contribution in [0.5, 0.6) is 0 Å². The van der Waals surface area contributed by atoms with Gasteiger partial charge in [0.25, 0.3) is 0 Å². The summed E-state index contributed by atoms with van der Waals surface area (Å²) < 4.78 is 0. The number of benzene rings is 1. The van der Waals surface area contributed by atoms with E-state index >= 15 is 0 Å². The molecule has 1 aromatic rings. The van der Waals surface area contributed by atoms with Gasteiger partial charge in [0.2, 0.25) is 0 Å². The molecular formula is C13H19N. The zero-order chi connectivity index (χ0) is 9.80. The van der Waals surface area contributed by atoms with Crippen LogP contribution in [0.25, 0.3) is 0 Å². The van der Waals surface area contributed by atoms with Gasteiger partial charge in [0.15, 0.2) is 0 Å². The minimum atomic E-state index is 0.746. The standard InChI is InChI=1S/C13H19N/c1-11-6-5-9-13(11)14-10-12-7-3-2-4-8-12/h2-4,7-8,11,13-14H,5-6,9-10H2,1H3/t11-,13+/m0/s1. The lowest BCUT2D eigenvalue weighted by Crippen LogP contribution is -2.30. The Kier molecular flexibility index (Phi) is 3.20. The Morgan fingerprint density at radius 3 is 2.64 bits per heavy atom. The number of nitrogens with one attached hydrogen (secondary N) is 1. The molecule has 0 amide bonds. The molecule has 2 atom stereocenters. The van der Waals surface area contributed by atoms with E-state index in [1.54, 1.807) is 0 Å². The van der Waals surface area contributed by atoms with E-state index in [-0.39, 0.29) is 0 Å². The maximum Gasteiger partial charge on any atom is 0.0208 e. The summed E-state index contributed by atoms with van der Waals surface area (Å²) in [6.45, 7) is 3.38. The van der Waals surface area contributed by atoms with Crippen LogP contribution >= 0.6 is 0 Å². The molecule has 1 aromatic carbocycles. The van der Waals surface area contributed by atoms with E-state index in [1.165, 1.54) is 24.8 Å². The highest BCUT2D eigenvalue weighted by Gasteiger charge is 2.22. The van der Waals surface area contributed by atoms with Crippen LogP contribution in [0, 0.1) is 5.92 Å². The first-order valence-corrected chi connectivity index (χ1v) is 5.63. The summed E-state index contributed by atoms with van der Waals surface area (Å²) in [5, 5.41) is 3.65. The Morgan fingerprint density at radius 2 is 2.00 bits per heavy atom. The van der Waals surface area contributed by atoms with Gasteiger partial charge in [-0.25, -0.2) is 0 Å². The lowest BCUT2D eigenvalue weighted by molar-refractivity contribution is 0.426. The third-order valence-electron chi connectivity index (χ3n) is 3.27. The largest absolute Gasteiger partial charge is 0.310 e. The predicted molar refractivity (Wildman–Crippen MR) is 60.1 cm³/mol. The van der Waals surface area contributed by atoms with Gasteiger partial charge >= 0.3 is 0 Å². The maximum atomic E-state index is 3.65. The van der Waals surface area contributed by atoms with Crippen LogP contribution in [0.1, 0.15) is 31.7 Å². The molecule has 1 fully saturated rings. The third kappa shape index (κ3) is 2.36. The number of hydrogen-bond donors (Lipinski definition) is 1. The monoisotopic (exact) mass is 189 g/mol. The van der Waals surface area contributed by atoms with Crippen molar-refractivity contribution in [2.24, 2.45) is 5.92 Å². The topological polar surface area (TPSA) is 12.0 Å². The van der Waals surface area contributed by atoms with Crippen molar-refractivity contribution >= 4 is 0 Å². The zero-order valence-electron chi connectivity index (χ0n) is 8.87. The van der Waals surface area contributed by atoms with Crippen molar-refractivity contribution in [1.29, 1.82) is 0 Å². The van der Waals surface area contributed by atoms with Crippen LogP contribution in [0.4, 0.5) is 0 Å². The second-order valence-corrected chi connectivity index (χ2v) is 4.38. The fraction of sp³-hybridized carbons (Fsp3) is 0.538. The molecule has 0 bridgehead atoms. The van der Waals surface area contributed by atoms with E-state index in [0.717, 1.165) is 18.5 Å². The molecule has 2 rings (SSSR count). The average molecular weight is 189 g/mol. The Bertz CT molecular complexity index is 268. The van der Waals surface area contributed by atoms with Crippen LogP contribution in [0.3, 0.4) is 0 Å². The second-order valence-electron chi connectivity index (χ2n) is 4.38. The first-order valence-electron chi connectivity index (χ1n) is 5.63. The Morgan fingerprint density at radius 1 is 1.21 bits per heavy atom. The highest BCUT2D eigenvalue weighted by atomic mass is 14.9. The van der Waals surface area contributed by atoms with E-state index < -0.39 is 0 Å². The molecule has 1 nitrogen and oxygen atoms in total. The Labute approximate surface area is 86.5 Å². The van der Waals surface area contributed by atoms with Gasteiger partial charge in [-0.15, -0.1) is 0 Å². The molecule has 76 valence electrons. The van der Waals surface area contributed by atoms with E-state index in [2.05, 4.69) is 42.6 Å². The van der Waals surface area contributed by atoms with Gasteiger partial charge in [-0.2, -0.15) is 0 Å². The molecule has 1 aliphatic rings. The van der Waals surface area contributed by atoms with E-state index in [9.17, 15) is 0 Å². The Hall–Kier alpha value is -0.820. The Balaban J connectivity index is 1.82. The second kappa shape index (κ2) is 4.61. The molecule has 0 radical (unpaired) electrons. The minimum Gasteiger partial charge on any atom is -0.310 e. The highest BCUT2D eigenvalue weighted by molar-refractivity contribution is 5.14. The molecule has 0 spiro atoms. The van der Waals surface area contributed by atoms with Crippen molar-refractivity contribution < 1.29 is 0 Å². The van der Waals surface area contributed by atoms with Crippen LogP contribution < -0.4 is 5.32 Å². The minimum absolute atomic E-state index is 0.746. The molecule has 1 aliphatic carbocycles. The van der Waals surface area contributed by atoms with Gasteiger partial charge in [0.1, 0.15) is 0 Å². The fourth-order valence-corrected chi connectivity index (χ4v) is 2.29. The van der Waals surface area contributed by atoms with Crippen molar-refractivity contribution in [2.45, 2.75) is 38.8 Å². The van der Waals surface area contributed by atoms with Crippen LogP contribution in [-0.4, -0.2) is 6.04 Å². The average Bonchev–Trinajstić information content (AvgIpc) is 2.63. The summed E-state index contributed by atoms with van der Waals surface area (Å²) in [7, 11) is 0. The van der Waals surface area contributed by atoms with Gasteiger partial charge in [0.05, 0.1) is 0 Å². The first kappa shape index (κ1) is 9.72. The molecule has 0 aromatic heterocycles. The molecule has 0 heterocycles. The van der Waals surface area contributed by atoms with Crippen molar-refractivity contribution in [2.75, 3.05) is 0 Å². The summed E-state index contributed by atoms with van der Waals surface area (Å²) in [4.78, 5) is 0. The fourth-order valence-electron chi connectivity index (χ4n) is 2.29. The molecular weight excluding hydrogens is 170 g/mol. The van der Waals surface area contributed by atoms with Gasteiger partial charge in [-0.1, -0.05) is 43.7 Å². The van der Waals surface area contributed by atoms with E-state index in [4.69, 9.17) is 0 Å². The van der Waals surface area contributed by atoms with Crippen molar-refractivity contribution in [3.05, 3.63) is 35.9 Å². The summed E-state index contributed by atoms with van der Waals surface area (Å²) in [6.07, 6.45) is 4.15. The van der Waals surface area contributed by atoms with Crippen molar-refractivity contribution in [1.82, 2.24) is 5.32 Å². The quantitative estimate of drug-likeness (QED) is 0.771. The van der Waals surface area contributed by atoms with Crippen LogP contribution in [0.15, 0.2) is 30.3 Å². The summed E-state index contributed by atoms with van der Waals surface area (Å²) >= 11 is 0. The summed E-state index contributed by atoms with van der Waals surface area (Å²) in [6, 6.07) is 11.4. The molecule has 1 heteroatoms. The molecule has 0 saturated heterocycles. The van der Waals surface area contributed by atoms with Gasteiger partial charge in [-0.05, 0) is 24.3 Å². The molecule has 0 aliphatic heterocycles. The zero-order valence-corrected chi connectivity index (χ0v) is 8.87. The van der Waals surface area contributed by atoms with Crippen molar-refractivity contribution in [3.8, 4) is 0 Å². The highest BCUT2D eigenvalue weighted by Crippen LogP contribution is 2.24. The van der Waals surface area contributed by atoms with Crippen molar-refractivity contribution in [3.63, 3.8) is 0 Å². The summed E-state index contributed by atoms with van der Waals surface area (Å²) in [5.41, 5.74) is 1.40. The molecule has 1 N–H and O–H groups in total. The molecule has 14 heavy (non-hydrogen) atoms. The smallest absolute Gasteiger partial charge is 0.0208 e. The number of rotatable bonds is 3. The van der Waals surface area contributed by atoms with E-state index in [1.807, 2.05) is 0 Å². The molecule has 1 saturated carbocycles. The lowest BCUT2D eigenvalue weighted by Gasteiger charge is -2.17. The molecule has 0 unspecified atom stereocenters. The normalized spacial score (nSPS) is 26.6. The number of hydrogen-bond acceptors (Lipinski definition) is 1. The van der Waals surface area contributed by atoms with Gasteiger partial charge in [0, 0.05) is 12.6 Å². The van der Waals surface area contributed by atoms with Gasteiger partial charge < -0.3 is 5.32 Å². The van der Waals surface area contributed by atoms with Crippen LogP contribution in [0.2, 0.25) is 0 Å². The predicted octanol–water partition coefficient (Wildman–Crippen LogP) is 2.96. The van der Waals surface area contributed by atoms with Crippen LogP contribution in [-0.2, 0) is 6.54 Å². The maximum absolute atomic E-state index is 3.65. The first-order chi connectivity index (χ1) is 6.86.